The van der Waals surface area contributed by atoms with E-state index in [1.807, 2.05) is 57.2 Å². The Morgan fingerprint density at radius 2 is 1.58 bits per heavy atom. The number of benzene rings is 3. The van der Waals surface area contributed by atoms with Gasteiger partial charge < -0.3 is 14.8 Å². The summed E-state index contributed by atoms with van der Waals surface area (Å²) >= 11 is 0. The molecule has 0 unspecified atom stereocenters. The third-order valence-electron chi connectivity index (χ3n) is 5.20. The van der Waals surface area contributed by atoms with Gasteiger partial charge in [-0.1, -0.05) is 30.3 Å². The van der Waals surface area contributed by atoms with Crippen LogP contribution in [-0.2, 0) is 9.59 Å². The standard InChI is InChI=1S/C27H26N2O4/c1-17(2)33-22-13-11-19(12-14-22)24-25(28-20-8-6-10-23(16-20)32-4)27(31)29(26(24)30)21-9-5-7-18(3)15-21/h5-17,28H,1-4H3. The molecule has 0 fully saturated rings. The number of imide groups is 1. The Labute approximate surface area is 193 Å². The summed E-state index contributed by atoms with van der Waals surface area (Å²) in [5.41, 5.74) is 3.29. The summed E-state index contributed by atoms with van der Waals surface area (Å²) in [5.74, 6) is 0.549. The molecule has 168 valence electrons. The lowest BCUT2D eigenvalue weighted by Crippen LogP contribution is -2.32. The second-order valence-electron chi connectivity index (χ2n) is 8.08. The van der Waals surface area contributed by atoms with Crippen molar-refractivity contribution in [1.82, 2.24) is 0 Å². The molecule has 4 rings (SSSR count). The monoisotopic (exact) mass is 442 g/mol. The minimum Gasteiger partial charge on any atom is -0.497 e. The van der Waals surface area contributed by atoms with Crippen LogP contribution in [0.15, 0.2) is 78.5 Å². The molecule has 0 aliphatic carbocycles. The zero-order valence-corrected chi connectivity index (χ0v) is 19.1. The van der Waals surface area contributed by atoms with Crippen molar-refractivity contribution in [2.24, 2.45) is 0 Å². The van der Waals surface area contributed by atoms with Gasteiger partial charge in [-0.25, -0.2) is 4.90 Å². The number of anilines is 2. The third-order valence-corrected chi connectivity index (χ3v) is 5.20. The fourth-order valence-electron chi connectivity index (χ4n) is 3.73. The third kappa shape index (κ3) is 4.60. The Balaban J connectivity index is 1.78. The first-order valence-electron chi connectivity index (χ1n) is 10.8. The maximum absolute atomic E-state index is 13.6. The van der Waals surface area contributed by atoms with E-state index < -0.39 is 5.91 Å². The number of amides is 2. The molecule has 1 aliphatic rings. The molecule has 33 heavy (non-hydrogen) atoms. The number of rotatable bonds is 7. The van der Waals surface area contributed by atoms with E-state index in [2.05, 4.69) is 5.32 Å². The average molecular weight is 443 g/mol. The largest absolute Gasteiger partial charge is 0.497 e. The van der Waals surface area contributed by atoms with E-state index >= 15 is 0 Å². The van der Waals surface area contributed by atoms with Crippen LogP contribution >= 0.6 is 0 Å². The van der Waals surface area contributed by atoms with Gasteiger partial charge in [-0.05, 0) is 68.3 Å². The van der Waals surface area contributed by atoms with Crippen LogP contribution in [0.4, 0.5) is 11.4 Å². The number of aryl methyl sites for hydroxylation is 1. The SMILES string of the molecule is COc1cccc(NC2=C(c3ccc(OC(C)C)cc3)C(=O)N(c3cccc(C)c3)C2=O)c1. The number of carbonyl (C=O) groups is 2. The maximum atomic E-state index is 13.6. The Hall–Kier alpha value is -4.06. The Kier molecular flexibility index (Phi) is 6.18. The summed E-state index contributed by atoms with van der Waals surface area (Å²) in [6, 6.07) is 21.8. The van der Waals surface area contributed by atoms with Crippen LogP contribution in [0.5, 0.6) is 11.5 Å². The van der Waals surface area contributed by atoms with Gasteiger partial charge in [-0.3, -0.25) is 9.59 Å². The molecule has 2 amide bonds. The van der Waals surface area contributed by atoms with E-state index in [-0.39, 0.29) is 17.7 Å². The first kappa shape index (κ1) is 22.1. The van der Waals surface area contributed by atoms with E-state index in [1.165, 1.54) is 4.90 Å². The number of nitrogens with one attached hydrogen (secondary N) is 1. The summed E-state index contributed by atoms with van der Waals surface area (Å²) in [7, 11) is 1.58. The molecule has 0 bridgehead atoms. The quantitative estimate of drug-likeness (QED) is 0.510. The van der Waals surface area contributed by atoms with Crippen molar-refractivity contribution in [3.63, 3.8) is 0 Å². The molecule has 3 aromatic rings. The highest BCUT2D eigenvalue weighted by Gasteiger charge is 2.40. The molecule has 3 aromatic carbocycles. The highest BCUT2D eigenvalue weighted by Crippen LogP contribution is 2.35. The summed E-state index contributed by atoms with van der Waals surface area (Å²) in [5, 5.41) is 3.16. The van der Waals surface area contributed by atoms with Crippen molar-refractivity contribution in [3.8, 4) is 11.5 Å². The molecular weight excluding hydrogens is 416 g/mol. The molecule has 6 nitrogen and oxygen atoms in total. The fraction of sp³-hybridized carbons (Fsp3) is 0.185. The zero-order valence-electron chi connectivity index (χ0n) is 19.1. The smallest absolute Gasteiger partial charge is 0.282 e. The molecular formula is C27H26N2O4. The predicted octanol–water partition coefficient (Wildman–Crippen LogP) is 5.19. The highest BCUT2D eigenvalue weighted by molar-refractivity contribution is 6.46. The van der Waals surface area contributed by atoms with E-state index in [4.69, 9.17) is 9.47 Å². The predicted molar refractivity (Wildman–Crippen MR) is 129 cm³/mol. The molecule has 0 saturated carbocycles. The van der Waals surface area contributed by atoms with Gasteiger partial charge in [0.1, 0.15) is 17.2 Å². The van der Waals surface area contributed by atoms with Gasteiger partial charge in [0.25, 0.3) is 11.8 Å². The van der Waals surface area contributed by atoms with Crippen LogP contribution in [0.2, 0.25) is 0 Å². The Morgan fingerprint density at radius 1 is 0.848 bits per heavy atom. The van der Waals surface area contributed by atoms with Crippen molar-refractivity contribution >= 4 is 28.8 Å². The average Bonchev–Trinajstić information content (AvgIpc) is 3.03. The van der Waals surface area contributed by atoms with Gasteiger partial charge in [0.2, 0.25) is 0 Å². The van der Waals surface area contributed by atoms with Crippen LogP contribution in [-0.4, -0.2) is 25.0 Å². The normalized spacial score (nSPS) is 13.7. The van der Waals surface area contributed by atoms with Crippen LogP contribution in [0.1, 0.15) is 25.0 Å². The summed E-state index contributed by atoms with van der Waals surface area (Å²) in [6.07, 6.45) is 0.0341. The van der Waals surface area contributed by atoms with Gasteiger partial charge in [-0.2, -0.15) is 0 Å². The van der Waals surface area contributed by atoms with Crippen molar-refractivity contribution in [1.29, 1.82) is 0 Å². The van der Waals surface area contributed by atoms with Crippen molar-refractivity contribution in [3.05, 3.63) is 89.6 Å². The molecule has 1 aliphatic heterocycles. The van der Waals surface area contributed by atoms with Crippen LogP contribution < -0.4 is 19.7 Å². The molecule has 0 atom stereocenters. The number of methoxy groups -OCH3 is 1. The van der Waals surface area contributed by atoms with E-state index in [0.29, 0.717) is 34.0 Å². The van der Waals surface area contributed by atoms with Crippen molar-refractivity contribution in [2.75, 3.05) is 17.3 Å². The topological polar surface area (TPSA) is 67.9 Å². The lowest BCUT2D eigenvalue weighted by Gasteiger charge is -2.16. The minimum absolute atomic E-state index is 0.0341. The zero-order chi connectivity index (χ0) is 23.5. The number of hydrogen-bond acceptors (Lipinski definition) is 5. The fourth-order valence-corrected chi connectivity index (χ4v) is 3.73. The maximum Gasteiger partial charge on any atom is 0.282 e. The van der Waals surface area contributed by atoms with Gasteiger partial charge >= 0.3 is 0 Å². The van der Waals surface area contributed by atoms with Gasteiger partial charge in [0.05, 0.1) is 24.5 Å². The van der Waals surface area contributed by atoms with Gasteiger partial charge in [0, 0.05) is 11.8 Å². The lowest BCUT2D eigenvalue weighted by molar-refractivity contribution is -0.120. The van der Waals surface area contributed by atoms with Crippen LogP contribution in [0, 0.1) is 6.92 Å². The first-order chi connectivity index (χ1) is 15.9. The second-order valence-corrected chi connectivity index (χ2v) is 8.08. The molecule has 1 N–H and O–H groups in total. The van der Waals surface area contributed by atoms with Crippen molar-refractivity contribution in [2.45, 2.75) is 26.9 Å². The highest BCUT2D eigenvalue weighted by atomic mass is 16.5. The summed E-state index contributed by atoms with van der Waals surface area (Å²) in [6.45, 7) is 5.82. The minimum atomic E-state index is -0.411. The van der Waals surface area contributed by atoms with Crippen molar-refractivity contribution < 1.29 is 19.1 Å². The molecule has 1 heterocycles. The lowest BCUT2D eigenvalue weighted by atomic mass is 10.0. The Bertz CT molecular complexity index is 1230. The Morgan fingerprint density at radius 3 is 2.24 bits per heavy atom. The van der Waals surface area contributed by atoms with E-state index in [9.17, 15) is 9.59 Å². The molecule has 6 heteroatoms. The summed E-state index contributed by atoms with van der Waals surface area (Å²) < 4.78 is 11.0. The second kappa shape index (κ2) is 9.20. The van der Waals surface area contributed by atoms with Gasteiger partial charge in [0.15, 0.2) is 0 Å². The molecule has 0 saturated heterocycles. The van der Waals surface area contributed by atoms with Crippen LogP contribution in [0.3, 0.4) is 0 Å². The number of carbonyl (C=O) groups excluding carboxylic acids is 2. The molecule has 0 aromatic heterocycles. The van der Waals surface area contributed by atoms with Gasteiger partial charge in [-0.15, -0.1) is 0 Å². The molecule has 0 spiro atoms. The number of hydrogen-bond donors (Lipinski definition) is 1. The van der Waals surface area contributed by atoms with Crippen LogP contribution in [0.25, 0.3) is 5.57 Å². The molecule has 0 radical (unpaired) electrons. The summed E-state index contributed by atoms with van der Waals surface area (Å²) in [4.78, 5) is 28.3. The number of ether oxygens (including phenoxy) is 2. The first-order valence-corrected chi connectivity index (χ1v) is 10.8. The number of nitrogens with zero attached hydrogens (tertiary/aromatic N) is 1. The van der Waals surface area contributed by atoms with E-state index in [0.717, 1.165) is 5.56 Å². The van der Waals surface area contributed by atoms with E-state index in [1.54, 1.807) is 43.5 Å².